The maximum absolute atomic E-state index is 12.8. The number of aromatic nitrogens is 3. The number of rotatable bonds is 6. The zero-order valence-corrected chi connectivity index (χ0v) is 18.4. The molecule has 0 saturated carbocycles. The van der Waals surface area contributed by atoms with Crippen LogP contribution in [0.15, 0.2) is 46.6 Å². The highest BCUT2D eigenvalue weighted by Gasteiger charge is 2.26. The summed E-state index contributed by atoms with van der Waals surface area (Å²) in [6.07, 6.45) is 1.74. The third-order valence-corrected chi connectivity index (χ3v) is 6.34. The van der Waals surface area contributed by atoms with Crippen molar-refractivity contribution >= 4 is 23.1 Å². The van der Waals surface area contributed by atoms with E-state index in [9.17, 15) is 9.59 Å². The molecule has 9 heteroatoms. The Labute approximate surface area is 184 Å². The zero-order chi connectivity index (χ0) is 21.8. The van der Waals surface area contributed by atoms with E-state index < -0.39 is 0 Å². The molecule has 162 valence electrons. The summed E-state index contributed by atoms with van der Waals surface area (Å²) in [5.74, 6) is 1.44. The van der Waals surface area contributed by atoms with Crippen molar-refractivity contribution in [2.75, 3.05) is 25.1 Å². The number of nitrogens with one attached hydrogen (secondary N) is 1. The Balaban J connectivity index is 1.34. The number of hydrogen-bond acceptors (Lipinski definition) is 7. The van der Waals surface area contributed by atoms with Gasteiger partial charge in [0.05, 0.1) is 25.3 Å². The molecule has 1 N–H and O–H groups in total. The van der Waals surface area contributed by atoms with Gasteiger partial charge in [0.25, 0.3) is 5.56 Å². The number of amides is 1. The van der Waals surface area contributed by atoms with E-state index >= 15 is 0 Å². The molecule has 31 heavy (non-hydrogen) atoms. The highest BCUT2D eigenvalue weighted by atomic mass is 32.1. The van der Waals surface area contributed by atoms with E-state index in [0.717, 1.165) is 47.2 Å². The Morgan fingerprint density at radius 1 is 1.26 bits per heavy atom. The van der Waals surface area contributed by atoms with Crippen molar-refractivity contribution < 1.29 is 9.53 Å². The summed E-state index contributed by atoms with van der Waals surface area (Å²) in [4.78, 5) is 31.1. The number of ether oxygens (including phenoxy) is 1. The number of piperidine rings is 1. The number of hydrogen-bond donors (Lipinski definition) is 1. The van der Waals surface area contributed by atoms with Gasteiger partial charge in [0.1, 0.15) is 16.6 Å². The molecule has 0 spiro atoms. The fraction of sp³-hybridized carbons (Fsp3) is 0.364. The quantitative estimate of drug-likeness (QED) is 0.635. The van der Waals surface area contributed by atoms with Crippen LogP contribution in [0.25, 0.3) is 10.6 Å². The standard InChI is InChI=1S/C22H25N5O3S/c1-26-20(28)10-9-19(25-26)27-11-3-4-16(13-27)21(29)23-12-17-14-31-22(24-17)15-5-7-18(30-2)8-6-15/h5-10,14,16H,3-4,11-13H2,1-2H3,(H,23,29)/t16-/m0/s1. The SMILES string of the molecule is COc1ccc(-c2nc(CNC(=O)[C@H]3CCCN(c4ccc(=O)n(C)n4)C3)cs2)cc1. The van der Waals surface area contributed by atoms with Gasteiger partial charge in [0.15, 0.2) is 0 Å². The second-order valence-corrected chi connectivity index (χ2v) is 8.39. The van der Waals surface area contributed by atoms with Gasteiger partial charge >= 0.3 is 0 Å². The molecule has 1 aromatic carbocycles. The largest absolute Gasteiger partial charge is 0.497 e. The van der Waals surface area contributed by atoms with E-state index in [1.807, 2.05) is 29.6 Å². The number of aryl methyl sites for hydroxylation is 1. The van der Waals surface area contributed by atoms with Crippen LogP contribution in [0.3, 0.4) is 0 Å². The minimum Gasteiger partial charge on any atom is -0.497 e. The topological polar surface area (TPSA) is 89.4 Å². The second-order valence-electron chi connectivity index (χ2n) is 7.53. The average Bonchev–Trinajstić information content (AvgIpc) is 3.28. The van der Waals surface area contributed by atoms with Crippen LogP contribution in [-0.2, 0) is 18.4 Å². The molecule has 1 aliphatic heterocycles. The number of anilines is 1. The molecular formula is C22H25N5O3S. The van der Waals surface area contributed by atoms with Crippen LogP contribution >= 0.6 is 11.3 Å². The van der Waals surface area contributed by atoms with E-state index in [1.165, 1.54) is 10.7 Å². The summed E-state index contributed by atoms with van der Waals surface area (Å²) < 4.78 is 6.51. The van der Waals surface area contributed by atoms with Gasteiger partial charge in [-0.25, -0.2) is 9.67 Å². The molecule has 1 atom stereocenters. The number of methoxy groups -OCH3 is 1. The predicted molar refractivity (Wildman–Crippen MR) is 120 cm³/mol. The Morgan fingerprint density at radius 2 is 2.06 bits per heavy atom. The average molecular weight is 440 g/mol. The molecule has 3 heterocycles. The molecule has 0 bridgehead atoms. The fourth-order valence-corrected chi connectivity index (χ4v) is 4.46. The number of carbonyl (C=O) groups excluding carboxylic acids is 1. The summed E-state index contributed by atoms with van der Waals surface area (Å²) >= 11 is 1.56. The lowest BCUT2D eigenvalue weighted by Crippen LogP contribution is -2.43. The molecule has 0 unspecified atom stereocenters. The van der Waals surface area contributed by atoms with Crippen molar-refractivity contribution in [2.24, 2.45) is 13.0 Å². The van der Waals surface area contributed by atoms with Crippen molar-refractivity contribution in [2.45, 2.75) is 19.4 Å². The number of carbonyl (C=O) groups is 1. The Bertz CT molecular complexity index is 1110. The van der Waals surface area contributed by atoms with Crippen LogP contribution in [0, 0.1) is 5.92 Å². The van der Waals surface area contributed by atoms with Gasteiger partial charge in [-0.2, -0.15) is 5.10 Å². The lowest BCUT2D eigenvalue weighted by atomic mass is 9.97. The predicted octanol–water partition coefficient (Wildman–Crippen LogP) is 2.45. The molecule has 2 aromatic heterocycles. The van der Waals surface area contributed by atoms with E-state index in [4.69, 9.17) is 4.74 Å². The molecule has 1 aliphatic rings. The van der Waals surface area contributed by atoms with Gasteiger partial charge in [-0.05, 0) is 43.2 Å². The Kier molecular flexibility index (Phi) is 6.31. The first-order chi connectivity index (χ1) is 15.0. The van der Waals surface area contributed by atoms with E-state index in [0.29, 0.717) is 13.1 Å². The maximum Gasteiger partial charge on any atom is 0.266 e. The summed E-state index contributed by atoms with van der Waals surface area (Å²) in [5, 5.41) is 10.2. The highest BCUT2D eigenvalue weighted by molar-refractivity contribution is 7.13. The minimum atomic E-state index is -0.146. The Morgan fingerprint density at radius 3 is 2.81 bits per heavy atom. The molecule has 3 aromatic rings. The highest BCUT2D eigenvalue weighted by Crippen LogP contribution is 2.26. The van der Waals surface area contributed by atoms with Crippen molar-refractivity contribution in [1.82, 2.24) is 20.1 Å². The van der Waals surface area contributed by atoms with E-state index in [2.05, 4.69) is 20.3 Å². The first-order valence-corrected chi connectivity index (χ1v) is 11.1. The van der Waals surface area contributed by atoms with Gasteiger partial charge in [-0.15, -0.1) is 11.3 Å². The van der Waals surface area contributed by atoms with Crippen LogP contribution in [0.5, 0.6) is 5.75 Å². The van der Waals surface area contributed by atoms with Crippen molar-refractivity contribution in [3.63, 3.8) is 0 Å². The lowest BCUT2D eigenvalue weighted by Gasteiger charge is -2.32. The first-order valence-electron chi connectivity index (χ1n) is 10.2. The molecule has 0 radical (unpaired) electrons. The molecule has 1 amide bonds. The smallest absolute Gasteiger partial charge is 0.266 e. The van der Waals surface area contributed by atoms with Crippen LogP contribution in [0.2, 0.25) is 0 Å². The van der Waals surface area contributed by atoms with Crippen molar-refractivity contribution in [3.05, 3.63) is 57.8 Å². The van der Waals surface area contributed by atoms with Crippen LogP contribution in [0.4, 0.5) is 5.82 Å². The maximum atomic E-state index is 12.8. The third-order valence-electron chi connectivity index (χ3n) is 5.40. The van der Waals surface area contributed by atoms with E-state index in [1.54, 1.807) is 31.6 Å². The van der Waals surface area contributed by atoms with Crippen molar-refractivity contribution in [1.29, 1.82) is 0 Å². The first kappa shape index (κ1) is 21.0. The normalized spacial score (nSPS) is 16.2. The third kappa shape index (κ3) is 4.93. The van der Waals surface area contributed by atoms with Gasteiger partial charge < -0.3 is 15.0 Å². The molecular weight excluding hydrogens is 414 g/mol. The Hall–Kier alpha value is -3.20. The summed E-state index contributed by atoms with van der Waals surface area (Å²) in [5.41, 5.74) is 1.72. The number of thiazole rings is 1. The summed E-state index contributed by atoms with van der Waals surface area (Å²) in [6.45, 7) is 1.82. The van der Waals surface area contributed by atoms with Gasteiger partial charge in [0.2, 0.25) is 5.91 Å². The van der Waals surface area contributed by atoms with E-state index in [-0.39, 0.29) is 17.4 Å². The van der Waals surface area contributed by atoms with Gasteiger partial charge in [-0.1, -0.05) is 0 Å². The van der Waals surface area contributed by atoms with Crippen LogP contribution in [0.1, 0.15) is 18.5 Å². The monoisotopic (exact) mass is 439 g/mol. The minimum absolute atomic E-state index is 0.0218. The second kappa shape index (κ2) is 9.30. The molecule has 1 saturated heterocycles. The molecule has 0 aliphatic carbocycles. The molecule has 8 nitrogen and oxygen atoms in total. The number of benzene rings is 1. The van der Waals surface area contributed by atoms with Gasteiger partial charge in [0, 0.05) is 37.1 Å². The summed E-state index contributed by atoms with van der Waals surface area (Å²) in [7, 11) is 3.28. The number of nitrogens with zero attached hydrogens (tertiary/aromatic N) is 4. The van der Waals surface area contributed by atoms with Gasteiger partial charge in [-0.3, -0.25) is 9.59 Å². The molecule has 4 rings (SSSR count). The summed E-state index contributed by atoms with van der Waals surface area (Å²) in [6, 6.07) is 11.0. The lowest BCUT2D eigenvalue weighted by molar-refractivity contribution is -0.125. The zero-order valence-electron chi connectivity index (χ0n) is 17.6. The van der Waals surface area contributed by atoms with Crippen molar-refractivity contribution in [3.8, 4) is 16.3 Å². The van der Waals surface area contributed by atoms with Crippen LogP contribution < -0.4 is 20.5 Å². The fourth-order valence-electron chi connectivity index (χ4n) is 3.63. The van der Waals surface area contributed by atoms with Crippen LogP contribution in [-0.4, -0.2) is 40.9 Å². The molecule has 1 fully saturated rings.